The molecule has 22 heavy (non-hydrogen) atoms. The van der Waals surface area contributed by atoms with Gasteiger partial charge in [0.25, 0.3) is 0 Å². The maximum absolute atomic E-state index is 12.9. The molecular formula is C17H20FN3O. The summed E-state index contributed by atoms with van der Waals surface area (Å²) in [7, 11) is 0. The lowest BCUT2D eigenvalue weighted by molar-refractivity contribution is 0.228. The van der Waals surface area contributed by atoms with Gasteiger partial charge in [-0.2, -0.15) is 5.10 Å². The van der Waals surface area contributed by atoms with E-state index in [1.165, 1.54) is 12.1 Å². The van der Waals surface area contributed by atoms with Crippen molar-refractivity contribution in [3.05, 3.63) is 47.9 Å². The molecule has 0 N–H and O–H groups in total. The van der Waals surface area contributed by atoms with Gasteiger partial charge in [-0.15, -0.1) is 5.10 Å². The molecule has 2 heterocycles. The monoisotopic (exact) mass is 301 g/mol. The summed E-state index contributed by atoms with van der Waals surface area (Å²) in [6.45, 7) is 4.50. The van der Waals surface area contributed by atoms with E-state index in [0.29, 0.717) is 18.3 Å². The number of aryl methyl sites for hydroxylation is 1. The molecule has 4 nitrogen and oxygen atoms in total. The van der Waals surface area contributed by atoms with Gasteiger partial charge in [-0.1, -0.05) is 0 Å². The molecule has 5 heteroatoms. The Hall–Kier alpha value is -2.17. The molecule has 1 saturated heterocycles. The van der Waals surface area contributed by atoms with E-state index in [2.05, 4.69) is 15.1 Å². The lowest BCUT2D eigenvalue weighted by Crippen LogP contribution is -2.38. The normalized spacial score (nSPS) is 18.3. The molecule has 3 rings (SSSR count). The summed E-state index contributed by atoms with van der Waals surface area (Å²) >= 11 is 0. The number of rotatable bonds is 4. The minimum absolute atomic E-state index is 0.242. The van der Waals surface area contributed by atoms with Gasteiger partial charge in [-0.25, -0.2) is 4.39 Å². The molecule has 0 spiro atoms. The van der Waals surface area contributed by atoms with Crippen LogP contribution in [0.3, 0.4) is 0 Å². The maximum Gasteiger partial charge on any atom is 0.151 e. The van der Waals surface area contributed by atoms with Crippen LogP contribution in [0.2, 0.25) is 0 Å². The SMILES string of the molecule is Cc1ccc(N2CCC[C@H](COc3ccc(F)cc3)C2)nn1. The second kappa shape index (κ2) is 6.73. The molecule has 1 aliphatic rings. The first-order valence-electron chi connectivity index (χ1n) is 7.64. The van der Waals surface area contributed by atoms with Crippen LogP contribution in [-0.4, -0.2) is 29.9 Å². The molecular weight excluding hydrogens is 281 g/mol. The number of aromatic nitrogens is 2. The van der Waals surface area contributed by atoms with E-state index >= 15 is 0 Å². The fourth-order valence-electron chi connectivity index (χ4n) is 2.71. The van der Waals surface area contributed by atoms with Crippen LogP contribution in [0.4, 0.5) is 10.2 Å². The van der Waals surface area contributed by atoms with Gasteiger partial charge in [0.05, 0.1) is 12.3 Å². The Morgan fingerprint density at radius 1 is 1.18 bits per heavy atom. The Morgan fingerprint density at radius 2 is 2.00 bits per heavy atom. The highest BCUT2D eigenvalue weighted by molar-refractivity contribution is 5.37. The van der Waals surface area contributed by atoms with Gasteiger partial charge in [0.2, 0.25) is 0 Å². The summed E-state index contributed by atoms with van der Waals surface area (Å²) in [5.74, 6) is 1.85. The number of anilines is 1. The number of hydrogen-bond donors (Lipinski definition) is 0. The van der Waals surface area contributed by atoms with Crippen molar-refractivity contribution in [1.29, 1.82) is 0 Å². The van der Waals surface area contributed by atoms with Crippen molar-refractivity contribution in [2.45, 2.75) is 19.8 Å². The fourth-order valence-corrected chi connectivity index (χ4v) is 2.71. The third-order valence-electron chi connectivity index (χ3n) is 3.93. The molecule has 0 bridgehead atoms. The molecule has 1 atom stereocenters. The van der Waals surface area contributed by atoms with Crippen molar-refractivity contribution >= 4 is 5.82 Å². The Balaban J connectivity index is 1.56. The highest BCUT2D eigenvalue weighted by Gasteiger charge is 2.21. The van der Waals surface area contributed by atoms with Crippen LogP contribution in [0.25, 0.3) is 0 Å². The van der Waals surface area contributed by atoms with E-state index in [4.69, 9.17) is 4.74 Å². The lowest BCUT2D eigenvalue weighted by atomic mass is 9.99. The van der Waals surface area contributed by atoms with E-state index in [9.17, 15) is 4.39 Å². The molecule has 0 amide bonds. The van der Waals surface area contributed by atoms with Crippen LogP contribution >= 0.6 is 0 Å². The number of benzene rings is 1. The summed E-state index contributed by atoms with van der Waals surface area (Å²) in [4.78, 5) is 2.26. The van der Waals surface area contributed by atoms with Crippen LogP contribution < -0.4 is 9.64 Å². The van der Waals surface area contributed by atoms with Crippen LogP contribution in [0.15, 0.2) is 36.4 Å². The first-order chi connectivity index (χ1) is 10.7. The molecule has 116 valence electrons. The van der Waals surface area contributed by atoms with Crippen LogP contribution in [-0.2, 0) is 0 Å². The molecule has 0 unspecified atom stereocenters. The lowest BCUT2D eigenvalue weighted by Gasteiger charge is -2.33. The van der Waals surface area contributed by atoms with E-state index < -0.39 is 0 Å². The third kappa shape index (κ3) is 3.72. The molecule has 0 aliphatic carbocycles. The molecule has 0 radical (unpaired) electrons. The van der Waals surface area contributed by atoms with E-state index in [0.717, 1.165) is 37.4 Å². The molecule has 1 fully saturated rings. The van der Waals surface area contributed by atoms with Crippen LogP contribution in [0.5, 0.6) is 5.75 Å². The van der Waals surface area contributed by atoms with Gasteiger partial charge in [-0.05, 0) is 56.2 Å². The van der Waals surface area contributed by atoms with Crippen LogP contribution in [0, 0.1) is 18.7 Å². The standard InChI is InChI=1S/C17H20FN3O/c1-13-4-9-17(20-19-13)21-10-2-3-14(11-21)12-22-16-7-5-15(18)6-8-16/h4-9,14H,2-3,10-12H2,1H3/t14-/m0/s1. The van der Waals surface area contributed by atoms with Crippen LogP contribution in [0.1, 0.15) is 18.5 Å². The highest BCUT2D eigenvalue weighted by Crippen LogP contribution is 2.22. The smallest absolute Gasteiger partial charge is 0.151 e. The van der Waals surface area contributed by atoms with Crippen molar-refractivity contribution in [3.63, 3.8) is 0 Å². The first-order valence-corrected chi connectivity index (χ1v) is 7.64. The largest absolute Gasteiger partial charge is 0.493 e. The number of piperidine rings is 1. The van der Waals surface area contributed by atoms with Gasteiger partial charge in [0.15, 0.2) is 5.82 Å². The van der Waals surface area contributed by atoms with Crippen molar-refractivity contribution < 1.29 is 9.13 Å². The van der Waals surface area contributed by atoms with Crippen molar-refractivity contribution in [3.8, 4) is 5.75 Å². The average molecular weight is 301 g/mol. The van der Waals surface area contributed by atoms with E-state index in [1.54, 1.807) is 12.1 Å². The Bertz CT molecular complexity index is 600. The quantitative estimate of drug-likeness (QED) is 0.869. The van der Waals surface area contributed by atoms with E-state index in [-0.39, 0.29) is 5.82 Å². The van der Waals surface area contributed by atoms with Crippen molar-refractivity contribution in [1.82, 2.24) is 10.2 Å². The maximum atomic E-state index is 12.9. The predicted molar refractivity (Wildman–Crippen MR) is 83.6 cm³/mol. The Morgan fingerprint density at radius 3 is 2.73 bits per heavy atom. The summed E-state index contributed by atoms with van der Waals surface area (Å²) in [6, 6.07) is 10.2. The Kier molecular flexibility index (Phi) is 4.51. The minimum atomic E-state index is -0.242. The van der Waals surface area contributed by atoms with Gasteiger partial charge in [0, 0.05) is 19.0 Å². The molecule has 2 aromatic rings. The molecule has 0 saturated carbocycles. The van der Waals surface area contributed by atoms with Gasteiger partial charge >= 0.3 is 0 Å². The number of ether oxygens (including phenoxy) is 1. The average Bonchev–Trinajstić information content (AvgIpc) is 2.55. The molecule has 1 aliphatic heterocycles. The topological polar surface area (TPSA) is 38.2 Å². The first kappa shape index (κ1) is 14.8. The third-order valence-corrected chi connectivity index (χ3v) is 3.93. The number of nitrogens with zero attached hydrogens (tertiary/aromatic N) is 3. The second-order valence-corrected chi connectivity index (χ2v) is 5.75. The number of halogens is 1. The van der Waals surface area contributed by atoms with Crippen molar-refractivity contribution in [2.24, 2.45) is 5.92 Å². The van der Waals surface area contributed by atoms with Gasteiger partial charge < -0.3 is 9.64 Å². The predicted octanol–water partition coefficient (Wildman–Crippen LogP) is 3.22. The zero-order valence-corrected chi connectivity index (χ0v) is 12.7. The zero-order chi connectivity index (χ0) is 15.4. The van der Waals surface area contributed by atoms with E-state index in [1.807, 2.05) is 19.1 Å². The fraction of sp³-hybridized carbons (Fsp3) is 0.412. The highest BCUT2D eigenvalue weighted by atomic mass is 19.1. The number of hydrogen-bond acceptors (Lipinski definition) is 4. The summed E-state index contributed by atoms with van der Waals surface area (Å²) in [5, 5.41) is 8.38. The Labute approximate surface area is 129 Å². The van der Waals surface area contributed by atoms with Crippen molar-refractivity contribution in [2.75, 3.05) is 24.6 Å². The zero-order valence-electron chi connectivity index (χ0n) is 12.7. The molecule has 1 aromatic heterocycles. The summed E-state index contributed by atoms with van der Waals surface area (Å²) in [5.41, 5.74) is 0.928. The summed E-state index contributed by atoms with van der Waals surface area (Å²) in [6.07, 6.45) is 2.25. The molecule has 1 aromatic carbocycles. The minimum Gasteiger partial charge on any atom is -0.493 e. The van der Waals surface area contributed by atoms with Gasteiger partial charge in [-0.3, -0.25) is 0 Å². The van der Waals surface area contributed by atoms with Gasteiger partial charge in [0.1, 0.15) is 11.6 Å². The summed E-state index contributed by atoms with van der Waals surface area (Å²) < 4.78 is 18.6. The second-order valence-electron chi connectivity index (χ2n) is 5.75.